The quantitative estimate of drug-likeness (QED) is 0.246. The highest BCUT2D eigenvalue weighted by Crippen LogP contribution is 2.48. The smallest absolute Gasteiger partial charge is 0.266 e. The highest BCUT2D eigenvalue weighted by Gasteiger charge is 2.62. The number of aromatic nitrogens is 1. The second-order valence-corrected chi connectivity index (χ2v) is 15.9. The van der Waals surface area contributed by atoms with Crippen LogP contribution in [0.3, 0.4) is 0 Å². The number of fused-ring (bicyclic) bond motifs is 3. The zero-order valence-corrected chi connectivity index (χ0v) is 31.0. The van der Waals surface area contributed by atoms with Crippen molar-refractivity contribution in [1.82, 2.24) is 19.9 Å². The summed E-state index contributed by atoms with van der Waals surface area (Å²) < 4.78 is 41.5. The zero-order chi connectivity index (χ0) is 38.0. The topological polar surface area (TPSA) is 173 Å². The summed E-state index contributed by atoms with van der Waals surface area (Å²) in [6, 6.07) is 21.9. The number of likely N-dealkylation sites (tertiary alicyclic amines) is 1. The number of benzene rings is 3. The number of sulfonamides is 1. The van der Waals surface area contributed by atoms with Crippen molar-refractivity contribution >= 4 is 50.2 Å². The molecule has 3 N–H and O–H groups in total. The standard InChI is InChI=1S/C40H43N5O8S/c1-25(46)45-24-29(53-35-22-32(26-12-6-5-7-13-26)41-33-20-28(52-2)18-19-30(33)35)21-34(45)38(48)43-40-23-27(40)14-8-3-4-9-17-37(47)42-31-15-10-11-16-36(31)54(50,51)44-39(40)49/h5-7,10-13,15-16,18-20,22,27,29,34H,3-4,8-9,14,17,21,23-24H2,1-2H3,(H,42,47)(H,43,48)(H,44,49)/t27?,29-,34+,40-/m1/s1. The molecule has 4 amide bonds. The van der Waals surface area contributed by atoms with Gasteiger partial charge in [-0.3, -0.25) is 19.2 Å². The minimum absolute atomic E-state index is 0.0641. The van der Waals surface area contributed by atoms with E-state index in [0.717, 1.165) is 30.2 Å². The van der Waals surface area contributed by atoms with Crippen LogP contribution in [0.4, 0.5) is 5.69 Å². The second kappa shape index (κ2) is 15.1. The molecule has 0 radical (unpaired) electrons. The summed E-state index contributed by atoms with van der Waals surface area (Å²) in [6.45, 7) is 1.50. The molecule has 2 aliphatic heterocycles. The summed E-state index contributed by atoms with van der Waals surface area (Å²) in [5.41, 5.74) is 0.780. The van der Waals surface area contributed by atoms with Crippen LogP contribution in [0.1, 0.15) is 58.3 Å². The van der Waals surface area contributed by atoms with E-state index in [4.69, 9.17) is 14.5 Å². The van der Waals surface area contributed by atoms with E-state index in [2.05, 4.69) is 15.4 Å². The maximum atomic E-state index is 14.2. The van der Waals surface area contributed by atoms with Gasteiger partial charge in [0.25, 0.3) is 15.9 Å². The summed E-state index contributed by atoms with van der Waals surface area (Å²) in [5, 5.41) is 6.30. The molecule has 2 fully saturated rings. The van der Waals surface area contributed by atoms with Gasteiger partial charge in [0.1, 0.15) is 34.1 Å². The van der Waals surface area contributed by atoms with Crippen LogP contribution in [0.2, 0.25) is 0 Å². The molecule has 54 heavy (non-hydrogen) atoms. The highest BCUT2D eigenvalue weighted by molar-refractivity contribution is 7.90. The summed E-state index contributed by atoms with van der Waals surface area (Å²) >= 11 is 0. The predicted molar refractivity (Wildman–Crippen MR) is 201 cm³/mol. The van der Waals surface area contributed by atoms with Crippen LogP contribution in [0.25, 0.3) is 22.2 Å². The number of hydrogen-bond donors (Lipinski definition) is 3. The van der Waals surface area contributed by atoms with Crippen molar-refractivity contribution in [3.05, 3.63) is 78.9 Å². The SMILES string of the molecule is COc1ccc2c(O[C@@H]3C[C@@H](C(=O)N[C@]45CC4CCCCCCC(=O)Nc4ccccc4S(=O)(=O)NC5=O)N(C(C)=O)C3)cc(-c3ccccc3)nc2c1. The Morgan fingerprint density at radius 3 is 2.50 bits per heavy atom. The van der Waals surface area contributed by atoms with Gasteiger partial charge in [-0.05, 0) is 49.4 Å². The predicted octanol–water partition coefficient (Wildman–Crippen LogP) is 4.95. The number of amides is 4. The third-order valence-corrected chi connectivity index (χ3v) is 11.9. The van der Waals surface area contributed by atoms with Crippen molar-refractivity contribution in [2.75, 3.05) is 19.0 Å². The van der Waals surface area contributed by atoms with E-state index in [9.17, 15) is 27.6 Å². The molecule has 1 aliphatic carbocycles. The van der Waals surface area contributed by atoms with E-state index >= 15 is 0 Å². The number of rotatable bonds is 6. The Morgan fingerprint density at radius 2 is 1.72 bits per heavy atom. The third kappa shape index (κ3) is 7.61. The largest absolute Gasteiger partial charge is 0.497 e. The Kier molecular flexibility index (Phi) is 10.3. The first-order valence-corrected chi connectivity index (χ1v) is 19.7. The van der Waals surface area contributed by atoms with Crippen molar-refractivity contribution in [2.24, 2.45) is 5.92 Å². The molecular formula is C40H43N5O8S. The van der Waals surface area contributed by atoms with Gasteiger partial charge in [-0.15, -0.1) is 0 Å². The van der Waals surface area contributed by atoms with E-state index in [-0.39, 0.29) is 54.1 Å². The molecule has 7 rings (SSSR count). The van der Waals surface area contributed by atoms with Gasteiger partial charge in [0.2, 0.25) is 17.7 Å². The maximum absolute atomic E-state index is 14.2. The number of pyridine rings is 1. The molecule has 3 aliphatic rings. The van der Waals surface area contributed by atoms with Gasteiger partial charge in [0, 0.05) is 42.8 Å². The molecule has 3 aromatic carbocycles. The first-order chi connectivity index (χ1) is 26.0. The van der Waals surface area contributed by atoms with Gasteiger partial charge >= 0.3 is 0 Å². The molecule has 0 spiro atoms. The van der Waals surface area contributed by atoms with Crippen LogP contribution in [-0.2, 0) is 29.2 Å². The summed E-state index contributed by atoms with van der Waals surface area (Å²) in [4.78, 5) is 59.8. The number of para-hydroxylation sites is 1. The number of ether oxygens (including phenoxy) is 2. The van der Waals surface area contributed by atoms with Gasteiger partial charge < -0.3 is 25.0 Å². The number of methoxy groups -OCH3 is 1. The van der Waals surface area contributed by atoms with Crippen LogP contribution in [-0.4, -0.2) is 73.3 Å². The number of nitrogens with zero attached hydrogens (tertiary/aromatic N) is 2. The molecule has 1 aromatic heterocycles. The fraction of sp³-hybridized carbons (Fsp3) is 0.375. The average molecular weight is 754 g/mol. The molecule has 1 saturated heterocycles. The first kappa shape index (κ1) is 36.8. The van der Waals surface area contributed by atoms with Crippen LogP contribution in [0, 0.1) is 5.92 Å². The second-order valence-electron chi connectivity index (χ2n) is 14.2. The Bertz CT molecular complexity index is 2210. The van der Waals surface area contributed by atoms with E-state index in [0.29, 0.717) is 35.6 Å². The molecule has 4 aromatic rings. The van der Waals surface area contributed by atoms with Gasteiger partial charge in [0.15, 0.2) is 0 Å². The number of hydrogen-bond acceptors (Lipinski definition) is 9. The number of anilines is 1. The summed E-state index contributed by atoms with van der Waals surface area (Å²) in [7, 11) is -2.87. The maximum Gasteiger partial charge on any atom is 0.266 e. The van der Waals surface area contributed by atoms with Crippen LogP contribution in [0.5, 0.6) is 11.5 Å². The van der Waals surface area contributed by atoms with E-state index < -0.39 is 39.5 Å². The lowest BCUT2D eigenvalue weighted by molar-refractivity contribution is -0.138. The van der Waals surface area contributed by atoms with E-state index in [1.165, 1.54) is 30.0 Å². The van der Waals surface area contributed by atoms with E-state index in [1.807, 2.05) is 54.6 Å². The van der Waals surface area contributed by atoms with Gasteiger partial charge in [0.05, 0.1) is 30.6 Å². The average Bonchev–Trinajstić information content (AvgIpc) is 3.68. The Labute approximate surface area is 313 Å². The molecule has 4 atom stereocenters. The van der Waals surface area contributed by atoms with Crippen LogP contribution < -0.4 is 24.8 Å². The molecule has 0 bridgehead atoms. The van der Waals surface area contributed by atoms with Crippen molar-refractivity contribution < 1.29 is 37.1 Å². The molecule has 13 nitrogen and oxygen atoms in total. The fourth-order valence-electron chi connectivity index (χ4n) is 7.60. The fourth-order valence-corrected chi connectivity index (χ4v) is 8.80. The van der Waals surface area contributed by atoms with Crippen molar-refractivity contribution in [3.63, 3.8) is 0 Å². The summed E-state index contributed by atoms with van der Waals surface area (Å²) in [5.74, 6) is -1.23. The molecule has 1 unspecified atom stereocenters. The first-order valence-electron chi connectivity index (χ1n) is 18.2. The molecule has 14 heteroatoms. The monoisotopic (exact) mass is 753 g/mol. The van der Waals surface area contributed by atoms with Crippen LogP contribution >= 0.6 is 0 Å². The Balaban J connectivity index is 1.14. The van der Waals surface area contributed by atoms with Crippen molar-refractivity contribution in [2.45, 2.75) is 80.9 Å². The highest BCUT2D eigenvalue weighted by atomic mass is 32.2. The van der Waals surface area contributed by atoms with Crippen LogP contribution in [0.15, 0.2) is 83.8 Å². The lowest BCUT2D eigenvalue weighted by Crippen LogP contribution is -2.56. The Morgan fingerprint density at radius 1 is 0.963 bits per heavy atom. The third-order valence-electron chi connectivity index (χ3n) is 10.6. The zero-order valence-electron chi connectivity index (χ0n) is 30.2. The molecule has 3 heterocycles. The molecule has 282 valence electrons. The minimum Gasteiger partial charge on any atom is -0.497 e. The van der Waals surface area contributed by atoms with Crippen molar-refractivity contribution in [3.8, 4) is 22.8 Å². The normalized spacial score (nSPS) is 24.1. The lowest BCUT2D eigenvalue weighted by atomic mass is 10.0. The lowest BCUT2D eigenvalue weighted by Gasteiger charge is -2.26. The van der Waals surface area contributed by atoms with Gasteiger partial charge in [-0.25, -0.2) is 18.1 Å². The number of nitrogens with one attached hydrogen (secondary N) is 3. The summed E-state index contributed by atoms with van der Waals surface area (Å²) in [6.07, 6.45) is 3.59. The number of carbonyl (C=O) groups is 4. The Hall–Kier alpha value is -5.50. The van der Waals surface area contributed by atoms with Gasteiger partial charge in [-0.2, -0.15) is 0 Å². The molecular weight excluding hydrogens is 711 g/mol. The van der Waals surface area contributed by atoms with Gasteiger partial charge in [-0.1, -0.05) is 61.7 Å². The molecule has 1 saturated carbocycles. The van der Waals surface area contributed by atoms with Crippen molar-refractivity contribution in [1.29, 1.82) is 0 Å². The number of carbonyl (C=O) groups excluding carboxylic acids is 4. The minimum atomic E-state index is -4.45. The van der Waals surface area contributed by atoms with E-state index in [1.54, 1.807) is 13.2 Å².